The molecule has 0 aliphatic carbocycles. The molecular weight excluding hydrogens is 244 g/mol. The molecule has 2 aliphatic rings. The second-order valence-electron chi connectivity index (χ2n) is 6.80. The van der Waals surface area contributed by atoms with Crippen LogP contribution in [0.1, 0.15) is 47.9 Å². The molecule has 2 unspecified atom stereocenters. The number of nitrogens with zero attached hydrogens (tertiary/aromatic N) is 1. The predicted octanol–water partition coefficient (Wildman–Crippen LogP) is 3.33. The van der Waals surface area contributed by atoms with E-state index in [1.54, 1.807) is 0 Å². The lowest BCUT2D eigenvalue weighted by molar-refractivity contribution is 0.166. The van der Waals surface area contributed by atoms with Crippen molar-refractivity contribution in [2.75, 3.05) is 13.1 Å². The molecule has 2 heteroatoms. The molecule has 0 amide bonds. The Morgan fingerprint density at radius 3 is 2.70 bits per heavy atom. The summed E-state index contributed by atoms with van der Waals surface area (Å²) in [5.41, 5.74) is 5.73. The van der Waals surface area contributed by atoms with Crippen LogP contribution in [0, 0.1) is 20.8 Å². The number of piperidine rings is 1. The molecule has 0 saturated carbocycles. The van der Waals surface area contributed by atoms with E-state index in [9.17, 15) is 0 Å². The van der Waals surface area contributed by atoms with Gasteiger partial charge in [0, 0.05) is 18.6 Å². The SMILES string of the molecule is Cc1cc(C)c(CNC2CCN3CCCC3C2)cc1C. The highest BCUT2D eigenvalue weighted by Crippen LogP contribution is 2.27. The Labute approximate surface area is 123 Å². The van der Waals surface area contributed by atoms with Gasteiger partial charge in [-0.15, -0.1) is 0 Å². The lowest BCUT2D eigenvalue weighted by atomic mass is 9.96. The zero-order valence-electron chi connectivity index (χ0n) is 13.2. The Morgan fingerprint density at radius 2 is 1.85 bits per heavy atom. The normalized spacial score (nSPS) is 26.8. The largest absolute Gasteiger partial charge is 0.310 e. The predicted molar refractivity (Wildman–Crippen MR) is 85.1 cm³/mol. The number of hydrogen-bond donors (Lipinski definition) is 1. The highest BCUT2D eigenvalue weighted by molar-refractivity contribution is 5.36. The van der Waals surface area contributed by atoms with Gasteiger partial charge < -0.3 is 10.2 Å². The van der Waals surface area contributed by atoms with Crippen LogP contribution in [0.25, 0.3) is 0 Å². The second-order valence-corrected chi connectivity index (χ2v) is 6.80. The van der Waals surface area contributed by atoms with E-state index in [1.807, 2.05) is 0 Å². The van der Waals surface area contributed by atoms with Crippen LogP contribution in [-0.4, -0.2) is 30.1 Å². The van der Waals surface area contributed by atoms with Gasteiger partial charge in [0.15, 0.2) is 0 Å². The second kappa shape index (κ2) is 5.87. The Kier molecular flexibility index (Phi) is 4.13. The summed E-state index contributed by atoms with van der Waals surface area (Å²) in [6.07, 6.45) is 5.50. The third-order valence-electron chi connectivity index (χ3n) is 5.35. The molecule has 1 N–H and O–H groups in total. The number of nitrogens with one attached hydrogen (secondary N) is 1. The molecule has 2 nitrogen and oxygen atoms in total. The van der Waals surface area contributed by atoms with Gasteiger partial charge in [0.05, 0.1) is 0 Å². The molecule has 0 spiro atoms. The summed E-state index contributed by atoms with van der Waals surface area (Å²) in [5, 5.41) is 3.81. The fourth-order valence-electron chi connectivity index (χ4n) is 3.87. The van der Waals surface area contributed by atoms with Crippen molar-refractivity contribution in [1.82, 2.24) is 10.2 Å². The van der Waals surface area contributed by atoms with Crippen molar-refractivity contribution in [3.8, 4) is 0 Å². The van der Waals surface area contributed by atoms with E-state index in [0.717, 1.165) is 18.6 Å². The van der Waals surface area contributed by atoms with Gasteiger partial charge in [-0.25, -0.2) is 0 Å². The van der Waals surface area contributed by atoms with Gasteiger partial charge in [-0.2, -0.15) is 0 Å². The van der Waals surface area contributed by atoms with Crippen molar-refractivity contribution >= 4 is 0 Å². The van der Waals surface area contributed by atoms with Gasteiger partial charge in [0.25, 0.3) is 0 Å². The summed E-state index contributed by atoms with van der Waals surface area (Å²) in [4.78, 5) is 2.69. The standard InChI is InChI=1S/C18H28N2/c1-13-9-15(3)16(10-14(13)2)12-19-17-6-8-20-7-4-5-18(20)11-17/h9-10,17-19H,4-8,11-12H2,1-3H3. The van der Waals surface area contributed by atoms with Crippen LogP contribution in [0.5, 0.6) is 0 Å². The van der Waals surface area contributed by atoms with Crippen LogP contribution < -0.4 is 5.32 Å². The zero-order valence-corrected chi connectivity index (χ0v) is 13.2. The summed E-state index contributed by atoms with van der Waals surface area (Å²) >= 11 is 0. The van der Waals surface area contributed by atoms with E-state index < -0.39 is 0 Å². The van der Waals surface area contributed by atoms with Crippen molar-refractivity contribution in [1.29, 1.82) is 0 Å². The van der Waals surface area contributed by atoms with E-state index >= 15 is 0 Å². The van der Waals surface area contributed by atoms with Gasteiger partial charge in [-0.3, -0.25) is 0 Å². The van der Waals surface area contributed by atoms with Crippen molar-refractivity contribution in [3.63, 3.8) is 0 Å². The Morgan fingerprint density at radius 1 is 1.05 bits per heavy atom. The van der Waals surface area contributed by atoms with Crippen molar-refractivity contribution in [2.45, 2.75) is 65.1 Å². The van der Waals surface area contributed by atoms with Crippen molar-refractivity contribution in [3.05, 3.63) is 34.4 Å². The molecule has 0 aromatic heterocycles. The van der Waals surface area contributed by atoms with Gasteiger partial charge in [0.1, 0.15) is 0 Å². The van der Waals surface area contributed by atoms with Gasteiger partial charge in [-0.05, 0) is 81.8 Å². The molecule has 2 atom stereocenters. The first-order valence-corrected chi connectivity index (χ1v) is 8.17. The van der Waals surface area contributed by atoms with Crippen molar-refractivity contribution < 1.29 is 0 Å². The topological polar surface area (TPSA) is 15.3 Å². The van der Waals surface area contributed by atoms with Crippen LogP contribution in [0.3, 0.4) is 0 Å². The average Bonchev–Trinajstić information content (AvgIpc) is 2.89. The minimum atomic E-state index is 0.718. The van der Waals surface area contributed by atoms with Gasteiger partial charge in [0.2, 0.25) is 0 Å². The first-order chi connectivity index (χ1) is 9.63. The zero-order chi connectivity index (χ0) is 14.1. The Hall–Kier alpha value is -0.860. The van der Waals surface area contributed by atoms with Crippen LogP contribution in [-0.2, 0) is 6.54 Å². The average molecular weight is 272 g/mol. The van der Waals surface area contributed by atoms with E-state index in [4.69, 9.17) is 0 Å². The quantitative estimate of drug-likeness (QED) is 0.908. The summed E-state index contributed by atoms with van der Waals surface area (Å²) in [5.74, 6) is 0. The molecule has 1 aromatic carbocycles. The smallest absolute Gasteiger partial charge is 0.0210 e. The van der Waals surface area contributed by atoms with E-state index in [-0.39, 0.29) is 0 Å². The maximum atomic E-state index is 3.81. The number of aryl methyl sites for hydroxylation is 3. The summed E-state index contributed by atoms with van der Waals surface area (Å²) in [7, 11) is 0. The molecule has 0 radical (unpaired) electrons. The summed E-state index contributed by atoms with van der Waals surface area (Å²) in [6, 6.07) is 6.27. The van der Waals surface area contributed by atoms with E-state index in [2.05, 4.69) is 43.1 Å². The number of hydrogen-bond acceptors (Lipinski definition) is 2. The molecule has 2 aliphatic heterocycles. The molecule has 2 heterocycles. The van der Waals surface area contributed by atoms with Crippen molar-refractivity contribution in [2.24, 2.45) is 0 Å². The fraction of sp³-hybridized carbons (Fsp3) is 0.667. The first-order valence-electron chi connectivity index (χ1n) is 8.17. The lowest BCUT2D eigenvalue weighted by Crippen LogP contribution is -2.45. The third kappa shape index (κ3) is 2.91. The molecule has 2 saturated heterocycles. The molecule has 110 valence electrons. The summed E-state index contributed by atoms with van der Waals surface area (Å²) in [6.45, 7) is 10.3. The minimum absolute atomic E-state index is 0.718. The van der Waals surface area contributed by atoms with Crippen LogP contribution in [0.4, 0.5) is 0 Å². The third-order valence-corrected chi connectivity index (χ3v) is 5.35. The molecule has 1 aromatic rings. The summed E-state index contributed by atoms with van der Waals surface area (Å²) < 4.78 is 0. The molecule has 3 rings (SSSR count). The van der Waals surface area contributed by atoms with E-state index in [1.165, 1.54) is 61.0 Å². The number of benzene rings is 1. The van der Waals surface area contributed by atoms with Gasteiger partial charge in [-0.1, -0.05) is 12.1 Å². The number of fused-ring (bicyclic) bond motifs is 1. The highest BCUT2D eigenvalue weighted by atomic mass is 15.2. The lowest BCUT2D eigenvalue weighted by Gasteiger charge is -2.35. The van der Waals surface area contributed by atoms with E-state index in [0.29, 0.717) is 0 Å². The Balaban J connectivity index is 1.58. The van der Waals surface area contributed by atoms with Crippen LogP contribution in [0.2, 0.25) is 0 Å². The highest BCUT2D eigenvalue weighted by Gasteiger charge is 2.31. The molecule has 20 heavy (non-hydrogen) atoms. The van der Waals surface area contributed by atoms with Gasteiger partial charge >= 0.3 is 0 Å². The number of rotatable bonds is 3. The fourth-order valence-corrected chi connectivity index (χ4v) is 3.87. The maximum absolute atomic E-state index is 3.81. The maximum Gasteiger partial charge on any atom is 0.0210 e. The first kappa shape index (κ1) is 14.1. The van der Waals surface area contributed by atoms with Crippen LogP contribution >= 0.6 is 0 Å². The molecule has 0 bridgehead atoms. The van der Waals surface area contributed by atoms with Crippen LogP contribution in [0.15, 0.2) is 12.1 Å². The molecule has 2 fully saturated rings. The molecular formula is C18H28N2. The minimum Gasteiger partial charge on any atom is -0.310 e. The monoisotopic (exact) mass is 272 g/mol. The Bertz CT molecular complexity index is 481.